The molecule has 0 N–H and O–H groups in total. The van der Waals surface area contributed by atoms with Crippen molar-refractivity contribution in [1.29, 1.82) is 0 Å². The number of aromatic nitrogens is 4. The number of rotatable bonds is 5. The Morgan fingerprint density at radius 2 is 0.849 bits per heavy atom. The highest BCUT2D eigenvalue weighted by molar-refractivity contribution is 6.16. The summed E-state index contributed by atoms with van der Waals surface area (Å²) in [4.78, 5) is 15.7. The molecule has 0 atom stereocenters. The Morgan fingerprint density at radius 3 is 1.58 bits per heavy atom. The molecule has 0 radical (unpaired) electrons. The summed E-state index contributed by atoms with van der Waals surface area (Å²) in [7, 11) is 0. The van der Waals surface area contributed by atoms with Gasteiger partial charge in [-0.05, 0) is 80.6 Å². The van der Waals surface area contributed by atoms with Crippen molar-refractivity contribution in [3.63, 3.8) is 0 Å². The number of benzene rings is 8. The summed E-state index contributed by atoms with van der Waals surface area (Å²) in [6.07, 6.45) is 0. The fourth-order valence-corrected chi connectivity index (χ4v) is 8.28. The molecule has 2 aromatic heterocycles. The van der Waals surface area contributed by atoms with Crippen molar-refractivity contribution in [2.75, 3.05) is 0 Å². The monoisotopic (exact) mass is 674 g/mol. The van der Waals surface area contributed by atoms with Crippen molar-refractivity contribution < 1.29 is 0 Å². The standard InChI is InChI=1S/C49H30N4/c1-2-15-31(16-3-1)47-50-48(40-23-7-4-18-34(40)33-29-32-17-14-25-39-35-19-5-6-20-36(35)42(30-33)46(32)39)52-49(51-47)41-24-10-13-28-45(41)53-43-26-11-8-21-37(43)38-22-9-12-27-44(38)53/h1-30H. The van der Waals surface area contributed by atoms with Crippen LogP contribution in [-0.2, 0) is 0 Å². The van der Waals surface area contributed by atoms with Gasteiger partial charge < -0.3 is 4.57 Å². The summed E-state index contributed by atoms with van der Waals surface area (Å²) in [6, 6.07) is 64.3. The van der Waals surface area contributed by atoms with Crippen molar-refractivity contribution in [3.8, 4) is 73.2 Å². The van der Waals surface area contributed by atoms with Gasteiger partial charge in [0, 0.05) is 27.5 Å². The molecule has 2 heterocycles. The maximum absolute atomic E-state index is 5.33. The van der Waals surface area contributed by atoms with Crippen LogP contribution in [0.4, 0.5) is 0 Å². The Hall–Kier alpha value is -7.17. The quantitative estimate of drug-likeness (QED) is 0.182. The number of para-hydroxylation sites is 3. The first-order valence-corrected chi connectivity index (χ1v) is 18.0. The molecule has 1 aliphatic carbocycles. The molecule has 53 heavy (non-hydrogen) atoms. The average Bonchev–Trinajstić information content (AvgIpc) is 3.74. The highest BCUT2D eigenvalue weighted by Gasteiger charge is 2.24. The SMILES string of the molecule is c1ccc(-c2nc(-c3ccccc3-c3cc4c5c(cccc5c3)-c3ccccc3-4)nc(-c3ccccc3-n3c4ccccc4c4ccccc43)n2)cc1. The smallest absolute Gasteiger partial charge is 0.166 e. The third kappa shape index (κ3) is 4.59. The maximum Gasteiger partial charge on any atom is 0.166 e. The molecule has 0 amide bonds. The van der Waals surface area contributed by atoms with Crippen LogP contribution in [0.15, 0.2) is 182 Å². The fraction of sp³-hybridized carbons (Fsp3) is 0. The summed E-state index contributed by atoms with van der Waals surface area (Å²) < 4.78 is 2.34. The molecule has 10 aromatic rings. The van der Waals surface area contributed by atoms with Gasteiger partial charge in [0.05, 0.1) is 16.7 Å². The van der Waals surface area contributed by atoms with Crippen LogP contribution in [0.3, 0.4) is 0 Å². The molecule has 8 aromatic carbocycles. The lowest BCUT2D eigenvalue weighted by atomic mass is 9.93. The Kier molecular flexibility index (Phi) is 6.52. The van der Waals surface area contributed by atoms with E-state index in [1.807, 2.05) is 18.2 Å². The van der Waals surface area contributed by atoms with Crippen molar-refractivity contribution in [2.45, 2.75) is 0 Å². The van der Waals surface area contributed by atoms with Crippen molar-refractivity contribution >= 4 is 32.6 Å². The van der Waals surface area contributed by atoms with E-state index in [4.69, 9.17) is 15.0 Å². The first-order chi connectivity index (χ1) is 26.3. The lowest BCUT2D eigenvalue weighted by Gasteiger charge is -2.16. The van der Waals surface area contributed by atoms with E-state index in [1.54, 1.807) is 0 Å². The number of hydrogen-bond donors (Lipinski definition) is 0. The Bertz CT molecular complexity index is 3010. The van der Waals surface area contributed by atoms with Gasteiger partial charge in [0.15, 0.2) is 17.5 Å². The zero-order valence-electron chi connectivity index (χ0n) is 28.6. The minimum absolute atomic E-state index is 0.622. The normalized spacial score (nSPS) is 11.8. The molecular formula is C49H30N4. The largest absolute Gasteiger partial charge is 0.309 e. The third-order valence-electron chi connectivity index (χ3n) is 10.6. The van der Waals surface area contributed by atoms with Crippen LogP contribution in [0, 0.1) is 0 Å². The molecule has 4 heteroatoms. The number of fused-ring (bicyclic) bond motifs is 6. The van der Waals surface area contributed by atoms with Crippen LogP contribution in [0.5, 0.6) is 0 Å². The van der Waals surface area contributed by atoms with Gasteiger partial charge in [-0.15, -0.1) is 0 Å². The van der Waals surface area contributed by atoms with Crippen molar-refractivity contribution in [2.24, 2.45) is 0 Å². The van der Waals surface area contributed by atoms with Crippen LogP contribution >= 0.6 is 0 Å². The molecule has 0 saturated carbocycles. The number of nitrogens with zero attached hydrogens (tertiary/aromatic N) is 4. The molecule has 0 aliphatic heterocycles. The van der Waals surface area contributed by atoms with E-state index in [1.165, 1.54) is 43.8 Å². The molecule has 11 rings (SSSR count). The minimum Gasteiger partial charge on any atom is -0.309 e. The molecule has 0 saturated heterocycles. The van der Waals surface area contributed by atoms with E-state index in [-0.39, 0.29) is 0 Å². The van der Waals surface area contributed by atoms with Gasteiger partial charge in [0.25, 0.3) is 0 Å². The van der Waals surface area contributed by atoms with E-state index >= 15 is 0 Å². The predicted octanol–water partition coefficient (Wildman–Crippen LogP) is 12.4. The van der Waals surface area contributed by atoms with E-state index in [0.717, 1.165) is 44.5 Å². The topological polar surface area (TPSA) is 43.6 Å². The molecular weight excluding hydrogens is 645 g/mol. The van der Waals surface area contributed by atoms with E-state index in [0.29, 0.717) is 17.5 Å². The summed E-state index contributed by atoms with van der Waals surface area (Å²) in [5.74, 6) is 1.89. The third-order valence-corrected chi connectivity index (χ3v) is 10.6. The van der Waals surface area contributed by atoms with Gasteiger partial charge in [-0.1, -0.05) is 146 Å². The van der Waals surface area contributed by atoms with Crippen molar-refractivity contribution in [3.05, 3.63) is 182 Å². The first-order valence-electron chi connectivity index (χ1n) is 18.0. The molecule has 0 unspecified atom stereocenters. The zero-order chi connectivity index (χ0) is 34.9. The lowest BCUT2D eigenvalue weighted by Crippen LogP contribution is -2.04. The molecule has 246 valence electrons. The maximum atomic E-state index is 5.33. The molecule has 4 nitrogen and oxygen atoms in total. The van der Waals surface area contributed by atoms with Crippen LogP contribution in [0.1, 0.15) is 0 Å². The predicted molar refractivity (Wildman–Crippen MR) is 218 cm³/mol. The summed E-state index contributed by atoms with van der Waals surface area (Å²) in [6.45, 7) is 0. The Morgan fingerprint density at radius 1 is 0.321 bits per heavy atom. The first kappa shape index (κ1) is 29.5. The van der Waals surface area contributed by atoms with Crippen LogP contribution in [0.25, 0.3) is 106 Å². The Balaban J connectivity index is 1.15. The second kappa shape index (κ2) is 11.7. The Labute approximate surface area is 306 Å². The minimum atomic E-state index is 0.622. The highest BCUT2D eigenvalue weighted by Crippen LogP contribution is 2.49. The van der Waals surface area contributed by atoms with Crippen LogP contribution < -0.4 is 0 Å². The second-order valence-corrected chi connectivity index (χ2v) is 13.6. The van der Waals surface area contributed by atoms with Crippen molar-refractivity contribution in [1.82, 2.24) is 19.5 Å². The molecule has 0 bridgehead atoms. The van der Waals surface area contributed by atoms with Crippen LogP contribution in [0.2, 0.25) is 0 Å². The summed E-state index contributed by atoms with van der Waals surface area (Å²) >= 11 is 0. The van der Waals surface area contributed by atoms with E-state index < -0.39 is 0 Å². The summed E-state index contributed by atoms with van der Waals surface area (Å²) in [5, 5.41) is 4.95. The van der Waals surface area contributed by atoms with Gasteiger partial charge in [0.1, 0.15) is 0 Å². The van der Waals surface area contributed by atoms with Crippen LogP contribution in [-0.4, -0.2) is 19.5 Å². The zero-order valence-corrected chi connectivity index (χ0v) is 28.6. The van der Waals surface area contributed by atoms with Gasteiger partial charge in [-0.2, -0.15) is 0 Å². The van der Waals surface area contributed by atoms with Gasteiger partial charge in [0.2, 0.25) is 0 Å². The van der Waals surface area contributed by atoms with Gasteiger partial charge in [-0.3, -0.25) is 0 Å². The molecule has 0 spiro atoms. The second-order valence-electron chi connectivity index (χ2n) is 13.6. The van der Waals surface area contributed by atoms with Gasteiger partial charge >= 0.3 is 0 Å². The summed E-state index contributed by atoms with van der Waals surface area (Å²) in [5.41, 5.74) is 13.4. The molecule has 1 aliphatic rings. The van der Waals surface area contributed by atoms with Gasteiger partial charge in [-0.25, -0.2) is 15.0 Å². The number of hydrogen-bond acceptors (Lipinski definition) is 3. The fourth-order valence-electron chi connectivity index (χ4n) is 8.28. The average molecular weight is 675 g/mol. The van der Waals surface area contributed by atoms with E-state index in [9.17, 15) is 0 Å². The lowest BCUT2D eigenvalue weighted by molar-refractivity contribution is 1.06. The van der Waals surface area contributed by atoms with E-state index in [2.05, 4.69) is 168 Å². The highest BCUT2D eigenvalue weighted by atomic mass is 15.1. The molecule has 0 fully saturated rings.